The minimum Gasteiger partial charge on any atom is -0.352 e. The summed E-state index contributed by atoms with van der Waals surface area (Å²) in [6.45, 7) is 11.5. The van der Waals surface area contributed by atoms with Crippen LogP contribution in [0.4, 0.5) is 20.7 Å². The molecule has 4 aliphatic rings. The molecule has 4 saturated heterocycles. The summed E-state index contributed by atoms with van der Waals surface area (Å²) < 4.78 is 26.4. The average molecular weight is 997 g/mol. The molecule has 2 amide bonds. The molecule has 0 bridgehead atoms. The predicted octanol–water partition coefficient (Wildman–Crippen LogP) is 3.54. The number of nitrogens with zero attached hydrogens (tertiary/aromatic N) is 13. The number of piperazine rings is 2. The van der Waals surface area contributed by atoms with Crippen molar-refractivity contribution in [2.75, 3.05) is 101 Å². The zero-order valence-electron chi connectivity index (χ0n) is 40.9. The number of aromatic nitrogens is 8. The van der Waals surface area contributed by atoms with Gasteiger partial charge in [-0.3, -0.25) is 39.1 Å². The quantitative estimate of drug-likeness (QED) is 0.142. The van der Waals surface area contributed by atoms with E-state index in [0.29, 0.717) is 61.2 Å². The topological polar surface area (TPSA) is 207 Å². The average Bonchev–Trinajstić information content (AvgIpc) is 3.43. The number of aldehydes is 1. The first-order chi connectivity index (χ1) is 35.7. The Morgan fingerprint density at radius 1 is 0.575 bits per heavy atom. The highest BCUT2D eigenvalue weighted by Crippen LogP contribution is 2.21. The molecule has 0 aliphatic carbocycles. The molecule has 0 spiro atoms. The van der Waals surface area contributed by atoms with Gasteiger partial charge in [0.05, 0.1) is 42.6 Å². The number of piperidine rings is 2. The van der Waals surface area contributed by atoms with Crippen molar-refractivity contribution in [1.82, 2.24) is 71.0 Å². The van der Waals surface area contributed by atoms with Crippen molar-refractivity contribution >= 4 is 30.0 Å². The van der Waals surface area contributed by atoms with E-state index >= 15 is 0 Å². The highest BCUT2D eigenvalue weighted by molar-refractivity contribution is 5.79. The fourth-order valence-electron chi connectivity index (χ4n) is 8.91. The fourth-order valence-corrected chi connectivity index (χ4v) is 8.91. The summed E-state index contributed by atoms with van der Waals surface area (Å²) in [5, 5.41) is 26.2. The van der Waals surface area contributed by atoms with E-state index < -0.39 is 0 Å². The standard InChI is InChI=1S/C26H31FN8O.C20H26FN7O.C6H5NO/c27-21-6-4-20(5-7-21)24-17-29-32-26(31-24)35-15-13-34(14-16-35)19-25(36)30-22-8-11-33(12-9-22)18-23-3-1-2-10-28-23;21-16-3-1-15(2-4-16)18-13-23-26-20(25-18)28-11-9-27(10-12-28)14-19(29)24-17-5-7-22-8-6-17;8-5-6-3-1-2-4-7-6/h1-7,10,17,22H,8-9,11-16,18-19H2,(H,30,36);1-4,13,17,22H,5-12,14H2,(H,24,29);1-5H. The first-order valence-corrected chi connectivity index (χ1v) is 24.9. The Balaban J connectivity index is 0.000000172. The molecule has 0 saturated carbocycles. The monoisotopic (exact) mass is 997 g/mol. The Hall–Kier alpha value is -7.33. The number of amides is 2. The third-order valence-electron chi connectivity index (χ3n) is 13.0. The van der Waals surface area contributed by atoms with E-state index in [1.54, 1.807) is 61.1 Å². The van der Waals surface area contributed by atoms with Gasteiger partial charge in [0, 0.05) is 108 Å². The first-order valence-electron chi connectivity index (χ1n) is 24.9. The molecule has 4 aromatic heterocycles. The summed E-state index contributed by atoms with van der Waals surface area (Å²) in [5.74, 6) is 0.733. The number of hydrogen-bond donors (Lipinski definition) is 3. The molecule has 2 aromatic carbocycles. The molecule has 382 valence electrons. The predicted molar refractivity (Wildman–Crippen MR) is 272 cm³/mol. The maximum atomic E-state index is 13.2. The van der Waals surface area contributed by atoms with Crippen molar-refractivity contribution in [3.8, 4) is 22.5 Å². The summed E-state index contributed by atoms with van der Waals surface area (Å²) in [6, 6.07) is 24.1. The number of hydrogen-bond acceptors (Lipinski definition) is 17. The molecule has 10 rings (SSSR count). The number of anilines is 2. The van der Waals surface area contributed by atoms with E-state index in [1.807, 2.05) is 18.3 Å². The second kappa shape index (κ2) is 26.9. The number of halogens is 2. The van der Waals surface area contributed by atoms with Gasteiger partial charge in [-0.2, -0.15) is 10.2 Å². The normalized spacial score (nSPS) is 17.1. The van der Waals surface area contributed by atoms with E-state index in [9.17, 15) is 23.2 Å². The number of benzene rings is 2. The maximum absolute atomic E-state index is 13.2. The molecule has 0 unspecified atom stereocenters. The van der Waals surface area contributed by atoms with E-state index in [0.717, 1.165) is 121 Å². The molecule has 3 N–H and O–H groups in total. The number of carbonyl (C=O) groups excluding carboxylic acids is 3. The number of carbonyl (C=O) groups is 3. The summed E-state index contributed by atoms with van der Waals surface area (Å²) >= 11 is 0. The van der Waals surface area contributed by atoms with Crippen LogP contribution in [0.5, 0.6) is 0 Å². The van der Waals surface area contributed by atoms with Crippen molar-refractivity contribution in [3.63, 3.8) is 0 Å². The number of pyridine rings is 2. The molecule has 4 fully saturated rings. The molecule has 6 aromatic rings. The van der Waals surface area contributed by atoms with Gasteiger partial charge in [-0.05, 0) is 112 Å². The molecule has 21 heteroatoms. The molecule has 4 aliphatic heterocycles. The zero-order chi connectivity index (χ0) is 50.6. The smallest absolute Gasteiger partial charge is 0.245 e. The minimum atomic E-state index is -0.285. The van der Waals surface area contributed by atoms with Crippen LogP contribution in [-0.2, 0) is 16.1 Å². The van der Waals surface area contributed by atoms with Gasteiger partial charge < -0.3 is 25.8 Å². The van der Waals surface area contributed by atoms with Gasteiger partial charge in [-0.1, -0.05) is 12.1 Å². The van der Waals surface area contributed by atoms with Gasteiger partial charge >= 0.3 is 0 Å². The van der Waals surface area contributed by atoms with E-state index in [-0.39, 0.29) is 29.5 Å². The SMILES string of the molecule is O=C(CN1CCN(c2nncc(-c3ccc(F)cc3)n2)CC1)NC1CCN(Cc2ccccn2)CC1.O=C(CN1CCN(c2nncc(-c3ccc(F)cc3)n2)CC1)NC1CCNCC1.O=Cc1ccccn1. The van der Waals surface area contributed by atoms with Crippen LogP contribution in [0.2, 0.25) is 0 Å². The van der Waals surface area contributed by atoms with Crippen LogP contribution in [0, 0.1) is 11.6 Å². The summed E-state index contributed by atoms with van der Waals surface area (Å²) in [7, 11) is 0. The molecular formula is C52H62F2N16O3. The van der Waals surface area contributed by atoms with Gasteiger partial charge in [0.25, 0.3) is 0 Å². The van der Waals surface area contributed by atoms with Crippen LogP contribution in [0.15, 0.2) is 110 Å². The lowest BCUT2D eigenvalue weighted by Crippen LogP contribution is -2.52. The Kier molecular flexibility index (Phi) is 19.2. The Morgan fingerprint density at radius 2 is 1.05 bits per heavy atom. The molecule has 0 radical (unpaired) electrons. The number of likely N-dealkylation sites (tertiary alicyclic amines) is 1. The van der Waals surface area contributed by atoms with Gasteiger partial charge in [0.1, 0.15) is 17.3 Å². The number of rotatable bonds is 13. The highest BCUT2D eigenvalue weighted by Gasteiger charge is 2.26. The summed E-state index contributed by atoms with van der Waals surface area (Å²) in [6.07, 6.45) is 11.2. The third-order valence-corrected chi connectivity index (χ3v) is 13.0. The highest BCUT2D eigenvalue weighted by atomic mass is 19.1. The largest absolute Gasteiger partial charge is 0.352 e. The lowest BCUT2D eigenvalue weighted by atomic mass is 10.0. The lowest BCUT2D eigenvalue weighted by molar-refractivity contribution is -0.124. The van der Waals surface area contributed by atoms with Crippen molar-refractivity contribution in [2.24, 2.45) is 0 Å². The van der Waals surface area contributed by atoms with Crippen LogP contribution in [-0.4, -0.2) is 177 Å². The summed E-state index contributed by atoms with van der Waals surface area (Å²) in [5.41, 5.74) is 4.49. The lowest BCUT2D eigenvalue weighted by Gasteiger charge is -2.35. The third kappa shape index (κ3) is 16.3. The van der Waals surface area contributed by atoms with Crippen LogP contribution in [0.1, 0.15) is 41.9 Å². The second-order valence-corrected chi connectivity index (χ2v) is 18.2. The molecule has 19 nitrogen and oxygen atoms in total. The Bertz CT molecular complexity index is 2630. The molecule has 73 heavy (non-hydrogen) atoms. The van der Waals surface area contributed by atoms with Crippen LogP contribution in [0.25, 0.3) is 22.5 Å². The van der Waals surface area contributed by atoms with E-state index in [2.05, 4.69) is 86.8 Å². The van der Waals surface area contributed by atoms with Gasteiger partial charge in [-0.15, -0.1) is 10.2 Å². The summed E-state index contributed by atoms with van der Waals surface area (Å²) in [4.78, 5) is 63.1. The van der Waals surface area contributed by atoms with E-state index in [1.165, 1.54) is 24.3 Å². The molecule has 8 heterocycles. The Morgan fingerprint density at radius 3 is 1.49 bits per heavy atom. The van der Waals surface area contributed by atoms with Crippen LogP contribution >= 0.6 is 0 Å². The number of nitrogens with one attached hydrogen (secondary N) is 3. The Labute approximate surface area is 423 Å². The fraction of sp³-hybridized carbons (Fsp3) is 0.404. The van der Waals surface area contributed by atoms with Crippen molar-refractivity contribution in [1.29, 1.82) is 0 Å². The van der Waals surface area contributed by atoms with Crippen molar-refractivity contribution < 1.29 is 23.2 Å². The maximum Gasteiger partial charge on any atom is 0.245 e. The van der Waals surface area contributed by atoms with Gasteiger partial charge in [-0.25, -0.2) is 18.7 Å². The zero-order valence-corrected chi connectivity index (χ0v) is 40.9. The molecule has 0 atom stereocenters. The second-order valence-electron chi connectivity index (χ2n) is 18.2. The minimum absolute atomic E-state index is 0.0860. The first kappa shape index (κ1) is 52.0. The van der Waals surface area contributed by atoms with Crippen molar-refractivity contribution in [2.45, 2.75) is 44.3 Å². The van der Waals surface area contributed by atoms with E-state index in [4.69, 9.17) is 0 Å². The van der Waals surface area contributed by atoms with Crippen LogP contribution < -0.4 is 25.8 Å². The van der Waals surface area contributed by atoms with Crippen LogP contribution in [0.3, 0.4) is 0 Å². The van der Waals surface area contributed by atoms with Gasteiger partial charge in [0.2, 0.25) is 23.7 Å². The van der Waals surface area contributed by atoms with Gasteiger partial charge in [0.15, 0.2) is 6.29 Å². The molecular weight excluding hydrogens is 935 g/mol. The van der Waals surface area contributed by atoms with Crippen molar-refractivity contribution in [3.05, 3.63) is 133 Å².